The van der Waals surface area contributed by atoms with Crippen molar-refractivity contribution >= 4 is 5.97 Å². The fraction of sp³-hybridized carbons (Fsp3) is 0.968. The molecule has 0 aromatic rings. The van der Waals surface area contributed by atoms with E-state index in [1.54, 1.807) is 0 Å². The summed E-state index contributed by atoms with van der Waals surface area (Å²) < 4.78 is 4.93. The summed E-state index contributed by atoms with van der Waals surface area (Å²) >= 11 is 0. The number of nitrogens with one attached hydrogen (secondary N) is 2. The maximum Gasteiger partial charge on any atom is 0.305 e. The number of rotatable bonds is 12. The Morgan fingerprint density at radius 1 is 0.972 bits per heavy atom. The highest BCUT2D eigenvalue weighted by atomic mass is 16.5. The first-order valence-electron chi connectivity index (χ1n) is 15.5. The third kappa shape index (κ3) is 5.83. The Balaban J connectivity index is 1.29. The van der Waals surface area contributed by atoms with Crippen molar-refractivity contribution < 1.29 is 9.53 Å². The first-order valence-corrected chi connectivity index (χ1v) is 15.5. The molecular weight excluding hydrogens is 446 g/mol. The molecule has 0 spiro atoms. The van der Waals surface area contributed by atoms with Gasteiger partial charge in [-0.1, -0.05) is 20.8 Å². The first kappa shape index (κ1) is 28.4. The van der Waals surface area contributed by atoms with Crippen molar-refractivity contribution in [2.45, 2.75) is 110 Å². The molecule has 4 aliphatic carbocycles. The average molecular weight is 504 g/mol. The number of fused-ring (bicyclic) bond motifs is 5. The van der Waals surface area contributed by atoms with Crippen LogP contribution in [-0.2, 0) is 9.53 Å². The smallest absolute Gasteiger partial charge is 0.305 e. The summed E-state index contributed by atoms with van der Waals surface area (Å²) in [6, 6.07) is 0.726. The van der Waals surface area contributed by atoms with Gasteiger partial charge in [0, 0.05) is 12.5 Å². The number of carbonyl (C=O) groups is 1. The van der Waals surface area contributed by atoms with Gasteiger partial charge in [-0.15, -0.1) is 0 Å². The SMILES string of the molecule is COC(=O)CC[C@@H](C)[C@H]1CCC2C3CCC4C[C@@H](NCCCNCCCN)CC[C@]4(C)C3CC[C@@]21C. The summed E-state index contributed by atoms with van der Waals surface area (Å²) in [4.78, 5) is 11.8. The van der Waals surface area contributed by atoms with Gasteiger partial charge in [-0.25, -0.2) is 0 Å². The lowest BCUT2D eigenvalue weighted by atomic mass is 9.44. The second-order valence-corrected chi connectivity index (χ2v) is 13.6. The number of carbonyl (C=O) groups excluding carboxylic acids is 1. The Labute approximate surface area is 221 Å². The minimum Gasteiger partial charge on any atom is -0.469 e. The van der Waals surface area contributed by atoms with E-state index < -0.39 is 0 Å². The van der Waals surface area contributed by atoms with E-state index in [4.69, 9.17) is 10.5 Å². The second kappa shape index (κ2) is 12.5. The van der Waals surface area contributed by atoms with Crippen LogP contribution in [0.25, 0.3) is 0 Å². The largest absolute Gasteiger partial charge is 0.469 e. The molecule has 0 aromatic heterocycles. The van der Waals surface area contributed by atoms with E-state index in [9.17, 15) is 4.79 Å². The van der Waals surface area contributed by atoms with Crippen molar-refractivity contribution in [3.8, 4) is 0 Å². The fourth-order valence-corrected chi connectivity index (χ4v) is 9.94. The molecule has 4 fully saturated rings. The molecule has 0 aromatic carbocycles. The van der Waals surface area contributed by atoms with Crippen molar-refractivity contribution in [2.75, 3.05) is 33.3 Å². The van der Waals surface area contributed by atoms with Crippen molar-refractivity contribution in [3.63, 3.8) is 0 Å². The molecule has 208 valence electrons. The van der Waals surface area contributed by atoms with Crippen LogP contribution in [0.2, 0.25) is 0 Å². The van der Waals surface area contributed by atoms with Crippen LogP contribution in [-0.4, -0.2) is 45.3 Å². The number of hydrogen-bond acceptors (Lipinski definition) is 5. The zero-order valence-electron chi connectivity index (χ0n) is 24.0. The lowest BCUT2D eigenvalue weighted by Gasteiger charge is -2.61. The number of esters is 1. The zero-order valence-corrected chi connectivity index (χ0v) is 24.0. The van der Waals surface area contributed by atoms with Crippen LogP contribution in [0.4, 0.5) is 0 Å². The van der Waals surface area contributed by atoms with Crippen LogP contribution in [0, 0.1) is 46.3 Å². The third-order valence-electron chi connectivity index (χ3n) is 12.0. The third-order valence-corrected chi connectivity index (χ3v) is 12.0. The van der Waals surface area contributed by atoms with Gasteiger partial charge >= 0.3 is 5.97 Å². The van der Waals surface area contributed by atoms with Gasteiger partial charge in [0.05, 0.1) is 7.11 Å². The van der Waals surface area contributed by atoms with Gasteiger partial charge in [-0.05, 0) is 150 Å². The average Bonchev–Trinajstić information content (AvgIpc) is 3.23. The van der Waals surface area contributed by atoms with Crippen LogP contribution in [0.5, 0.6) is 0 Å². The maximum atomic E-state index is 11.8. The van der Waals surface area contributed by atoms with Crippen molar-refractivity contribution in [1.29, 1.82) is 0 Å². The summed E-state index contributed by atoms with van der Waals surface area (Å²) in [7, 11) is 1.52. The highest BCUT2D eigenvalue weighted by molar-refractivity contribution is 5.69. The van der Waals surface area contributed by atoms with Crippen molar-refractivity contribution in [3.05, 3.63) is 0 Å². The predicted molar refractivity (Wildman–Crippen MR) is 149 cm³/mol. The minimum atomic E-state index is -0.0409. The van der Waals surface area contributed by atoms with E-state index in [0.29, 0.717) is 23.2 Å². The molecule has 0 saturated heterocycles. The molecule has 4 saturated carbocycles. The van der Waals surface area contributed by atoms with E-state index in [2.05, 4.69) is 31.4 Å². The van der Waals surface area contributed by atoms with E-state index in [1.807, 2.05) is 0 Å². The number of hydrogen-bond donors (Lipinski definition) is 3. The van der Waals surface area contributed by atoms with Crippen molar-refractivity contribution in [2.24, 2.45) is 52.1 Å². The monoisotopic (exact) mass is 503 g/mol. The summed E-state index contributed by atoms with van der Waals surface area (Å²) in [6.07, 6.45) is 16.6. The number of nitrogens with two attached hydrogens (primary N) is 1. The fourth-order valence-electron chi connectivity index (χ4n) is 9.94. The van der Waals surface area contributed by atoms with Gasteiger partial charge in [0.15, 0.2) is 0 Å². The molecule has 0 amide bonds. The molecule has 4 unspecified atom stereocenters. The van der Waals surface area contributed by atoms with Gasteiger partial charge in [0.25, 0.3) is 0 Å². The van der Waals surface area contributed by atoms with Crippen LogP contribution in [0.3, 0.4) is 0 Å². The van der Waals surface area contributed by atoms with E-state index >= 15 is 0 Å². The first-order chi connectivity index (χ1) is 17.3. The molecule has 4 aliphatic rings. The molecule has 0 bridgehead atoms. The molecule has 36 heavy (non-hydrogen) atoms. The maximum absolute atomic E-state index is 11.8. The zero-order chi connectivity index (χ0) is 25.8. The lowest BCUT2D eigenvalue weighted by molar-refractivity contribution is -0.141. The van der Waals surface area contributed by atoms with Crippen LogP contribution in [0.1, 0.15) is 104 Å². The van der Waals surface area contributed by atoms with Crippen LogP contribution >= 0.6 is 0 Å². The summed E-state index contributed by atoms with van der Waals surface area (Å²) in [5, 5.41) is 7.43. The molecule has 4 rings (SSSR count). The molecule has 4 N–H and O–H groups in total. The summed E-state index contributed by atoms with van der Waals surface area (Å²) in [5.41, 5.74) is 6.62. The van der Waals surface area contributed by atoms with E-state index in [1.165, 1.54) is 71.3 Å². The lowest BCUT2D eigenvalue weighted by Crippen LogP contribution is -2.55. The Bertz CT molecular complexity index is 716. The molecule has 5 heteroatoms. The van der Waals surface area contributed by atoms with Crippen LogP contribution < -0.4 is 16.4 Å². The van der Waals surface area contributed by atoms with E-state index in [0.717, 1.165) is 74.7 Å². The van der Waals surface area contributed by atoms with Gasteiger partial charge in [-0.2, -0.15) is 0 Å². The number of methoxy groups -OCH3 is 1. The van der Waals surface area contributed by atoms with Crippen LogP contribution in [0.15, 0.2) is 0 Å². The highest BCUT2D eigenvalue weighted by Crippen LogP contribution is 2.68. The molecular formula is C31H57N3O2. The molecule has 5 nitrogen and oxygen atoms in total. The Morgan fingerprint density at radius 2 is 1.72 bits per heavy atom. The van der Waals surface area contributed by atoms with E-state index in [-0.39, 0.29) is 5.97 Å². The molecule has 0 radical (unpaired) electrons. The second-order valence-electron chi connectivity index (χ2n) is 13.6. The summed E-state index contributed by atoms with van der Waals surface area (Å²) in [5.74, 6) is 5.05. The standard InChI is InChI=1S/C31H57N3O2/c1-22(7-12-29(35)36-4)26-10-11-27-25-9-8-23-21-24(34-20-6-19-33-18-5-17-32)13-15-30(23,2)28(25)14-16-31(26,27)3/h22-28,33-34H,5-21,32H2,1-4H3/t22-,23?,24+,25?,26-,27?,28?,30+,31-/m1/s1. The molecule has 9 atom stereocenters. The quantitative estimate of drug-likeness (QED) is 0.241. The minimum absolute atomic E-state index is 0.0409. The van der Waals surface area contributed by atoms with Gasteiger partial charge in [0.1, 0.15) is 0 Å². The molecule has 0 aliphatic heterocycles. The Hall–Kier alpha value is -0.650. The van der Waals surface area contributed by atoms with Gasteiger partial charge < -0.3 is 21.1 Å². The summed E-state index contributed by atoms with van der Waals surface area (Å²) in [6.45, 7) is 11.8. The predicted octanol–water partition coefficient (Wildman–Crippen LogP) is 5.52. The Morgan fingerprint density at radius 3 is 2.50 bits per heavy atom. The van der Waals surface area contributed by atoms with Crippen molar-refractivity contribution in [1.82, 2.24) is 10.6 Å². The highest BCUT2D eigenvalue weighted by Gasteiger charge is 2.60. The number of ether oxygens (including phenoxy) is 1. The van der Waals surface area contributed by atoms with Gasteiger partial charge in [0.2, 0.25) is 0 Å². The molecule has 0 heterocycles. The Kier molecular flexibility index (Phi) is 9.82. The van der Waals surface area contributed by atoms with Gasteiger partial charge in [-0.3, -0.25) is 4.79 Å². The topological polar surface area (TPSA) is 76.4 Å². The normalized spacial score (nSPS) is 40.7.